The van der Waals surface area contributed by atoms with Gasteiger partial charge in [0.15, 0.2) is 0 Å². The Balaban J connectivity index is 1.95. The van der Waals surface area contributed by atoms with Crippen molar-refractivity contribution in [1.82, 2.24) is 10.2 Å². The summed E-state index contributed by atoms with van der Waals surface area (Å²) in [6.07, 6.45) is 8.52. The molecule has 15 heavy (non-hydrogen) atoms. The molecule has 1 N–H and O–H groups in total. The number of rotatable bonds is 3. The minimum absolute atomic E-state index is 0.693. The molecule has 0 bridgehead atoms. The molecule has 2 nitrogen and oxygen atoms in total. The maximum atomic E-state index is 3.63. The molecular weight excluding hydrogens is 184 g/mol. The van der Waals surface area contributed by atoms with Crippen LogP contribution in [0.15, 0.2) is 0 Å². The van der Waals surface area contributed by atoms with E-state index < -0.39 is 0 Å². The average Bonchev–Trinajstić information content (AvgIpc) is 2.74. The summed E-state index contributed by atoms with van der Waals surface area (Å²) in [5.74, 6) is 0. The fourth-order valence-electron chi connectivity index (χ4n) is 3.27. The predicted octanol–water partition coefficient (Wildman–Crippen LogP) is 2.39. The number of hydrogen-bond donors (Lipinski definition) is 1. The van der Waals surface area contributed by atoms with Crippen LogP contribution in [0.3, 0.4) is 0 Å². The van der Waals surface area contributed by atoms with Crippen LogP contribution in [0, 0.1) is 0 Å². The highest BCUT2D eigenvalue weighted by Crippen LogP contribution is 2.27. The van der Waals surface area contributed by atoms with Gasteiger partial charge in [-0.25, -0.2) is 0 Å². The third kappa shape index (κ3) is 2.73. The zero-order chi connectivity index (χ0) is 10.7. The standard InChI is InChI=1S/C13H26N2/c1-3-6-13-9-14-11(2)10-15(13)12-7-4-5-8-12/h11-14H,3-10H2,1-2H3. The van der Waals surface area contributed by atoms with Crippen molar-refractivity contribution in [2.45, 2.75) is 70.5 Å². The molecule has 88 valence electrons. The Morgan fingerprint density at radius 1 is 1.27 bits per heavy atom. The summed E-state index contributed by atoms with van der Waals surface area (Å²) in [6.45, 7) is 7.12. The van der Waals surface area contributed by atoms with Crippen molar-refractivity contribution in [3.63, 3.8) is 0 Å². The molecule has 0 radical (unpaired) electrons. The SMILES string of the molecule is CCCC1CNC(C)CN1C1CCCC1. The maximum absolute atomic E-state index is 3.63. The van der Waals surface area contributed by atoms with Gasteiger partial charge in [0.25, 0.3) is 0 Å². The quantitative estimate of drug-likeness (QED) is 0.769. The summed E-state index contributed by atoms with van der Waals surface area (Å²) in [7, 11) is 0. The van der Waals surface area contributed by atoms with Crippen LogP contribution in [0.25, 0.3) is 0 Å². The summed E-state index contributed by atoms with van der Waals surface area (Å²) in [5.41, 5.74) is 0. The lowest BCUT2D eigenvalue weighted by Crippen LogP contribution is -2.58. The van der Waals surface area contributed by atoms with E-state index in [9.17, 15) is 0 Å². The first-order valence-corrected chi connectivity index (χ1v) is 6.80. The first kappa shape index (κ1) is 11.4. The molecular formula is C13H26N2. The summed E-state index contributed by atoms with van der Waals surface area (Å²) in [5, 5.41) is 3.63. The lowest BCUT2D eigenvalue weighted by molar-refractivity contribution is 0.0819. The van der Waals surface area contributed by atoms with Gasteiger partial charge in [-0.3, -0.25) is 4.90 Å². The lowest BCUT2D eigenvalue weighted by Gasteiger charge is -2.43. The van der Waals surface area contributed by atoms with Gasteiger partial charge in [0.1, 0.15) is 0 Å². The molecule has 1 saturated carbocycles. The Bertz CT molecular complexity index is 187. The molecule has 1 aliphatic heterocycles. The van der Waals surface area contributed by atoms with E-state index in [-0.39, 0.29) is 0 Å². The third-order valence-corrected chi connectivity index (χ3v) is 4.07. The van der Waals surface area contributed by atoms with E-state index in [0.717, 1.165) is 12.1 Å². The van der Waals surface area contributed by atoms with Crippen LogP contribution < -0.4 is 5.32 Å². The molecule has 2 atom stereocenters. The van der Waals surface area contributed by atoms with Crippen molar-refractivity contribution in [3.8, 4) is 0 Å². The highest BCUT2D eigenvalue weighted by molar-refractivity contribution is 4.89. The van der Waals surface area contributed by atoms with Crippen LogP contribution in [-0.4, -0.2) is 36.1 Å². The van der Waals surface area contributed by atoms with Crippen molar-refractivity contribution in [2.75, 3.05) is 13.1 Å². The van der Waals surface area contributed by atoms with Gasteiger partial charge < -0.3 is 5.32 Å². The molecule has 1 aliphatic carbocycles. The highest BCUT2D eigenvalue weighted by Gasteiger charge is 2.31. The monoisotopic (exact) mass is 210 g/mol. The van der Waals surface area contributed by atoms with Gasteiger partial charge in [0.05, 0.1) is 0 Å². The fraction of sp³-hybridized carbons (Fsp3) is 1.00. The van der Waals surface area contributed by atoms with Crippen LogP contribution in [0.5, 0.6) is 0 Å². The second kappa shape index (κ2) is 5.31. The van der Waals surface area contributed by atoms with E-state index in [2.05, 4.69) is 24.1 Å². The zero-order valence-corrected chi connectivity index (χ0v) is 10.3. The van der Waals surface area contributed by atoms with E-state index in [1.165, 1.54) is 51.6 Å². The van der Waals surface area contributed by atoms with E-state index in [1.807, 2.05) is 0 Å². The summed E-state index contributed by atoms with van der Waals surface area (Å²) < 4.78 is 0. The third-order valence-electron chi connectivity index (χ3n) is 4.07. The fourth-order valence-corrected chi connectivity index (χ4v) is 3.27. The summed E-state index contributed by atoms with van der Waals surface area (Å²) in [6, 6.07) is 2.42. The molecule has 1 saturated heterocycles. The largest absolute Gasteiger partial charge is 0.311 e. The number of hydrogen-bond acceptors (Lipinski definition) is 2. The van der Waals surface area contributed by atoms with E-state index in [0.29, 0.717) is 6.04 Å². The van der Waals surface area contributed by atoms with Crippen LogP contribution in [0.4, 0.5) is 0 Å². The molecule has 1 heterocycles. The Kier molecular flexibility index (Phi) is 4.04. The van der Waals surface area contributed by atoms with Crippen molar-refractivity contribution in [2.24, 2.45) is 0 Å². The normalized spacial score (nSPS) is 34.8. The minimum Gasteiger partial charge on any atom is -0.311 e. The zero-order valence-electron chi connectivity index (χ0n) is 10.3. The Labute approximate surface area is 94.4 Å². The van der Waals surface area contributed by atoms with Gasteiger partial charge in [0.2, 0.25) is 0 Å². The Morgan fingerprint density at radius 2 is 2.00 bits per heavy atom. The summed E-state index contributed by atoms with van der Waals surface area (Å²) >= 11 is 0. The molecule has 0 aromatic rings. The van der Waals surface area contributed by atoms with Gasteiger partial charge in [-0.2, -0.15) is 0 Å². The summed E-state index contributed by atoms with van der Waals surface area (Å²) in [4.78, 5) is 2.82. The maximum Gasteiger partial charge on any atom is 0.0224 e. The number of piperazine rings is 1. The van der Waals surface area contributed by atoms with Gasteiger partial charge in [-0.15, -0.1) is 0 Å². The second-order valence-corrected chi connectivity index (χ2v) is 5.39. The molecule has 0 spiro atoms. The molecule has 2 unspecified atom stereocenters. The molecule has 0 aromatic heterocycles. The molecule has 0 amide bonds. The Hall–Kier alpha value is -0.0800. The van der Waals surface area contributed by atoms with Crippen LogP contribution >= 0.6 is 0 Å². The van der Waals surface area contributed by atoms with Gasteiger partial charge in [-0.1, -0.05) is 26.2 Å². The second-order valence-electron chi connectivity index (χ2n) is 5.39. The van der Waals surface area contributed by atoms with Crippen molar-refractivity contribution >= 4 is 0 Å². The first-order valence-electron chi connectivity index (χ1n) is 6.80. The number of nitrogens with zero attached hydrogens (tertiary/aromatic N) is 1. The smallest absolute Gasteiger partial charge is 0.0224 e. The first-order chi connectivity index (χ1) is 7.31. The molecule has 0 aromatic carbocycles. The minimum atomic E-state index is 0.693. The average molecular weight is 210 g/mol. The van der Waals surface area contributed by atoms with Crippen LogP contribution in [0.1, 0.15) is 52.4 Å². The Morgan fingerprint density at radius 3 is 2.67 bits per heavy atom. The lowest BCUT2D eigenvalue weighted by atomic mass is 10.0. The highest BCUT2D eigenvalue weighted by atomic mass is 15.3. The van der Waals surface area contributed by atoms with Gasteiger partial charge in [0, 0.05) is 31.2 Å². The molecule has 2 aliphatic rings. The van der Waals surface area contributed by atoms with E-state index in [1.54, 1.807) is 0 Å². The molecule has 2 heteroatoms. The van der Waals surface area contributed by atoms with E-state index >= 15 is 0 Å². The number of nitrogens with one attached hydrogen (secondary N) is 1. The van der Waals surface area contributed by atoms with Crippen LogP contribution in [0.2, 0.25) is 0 Å². The van der Waals surface area contributed by atoms with E-state index in [4.69, 9.17) is 0 Å². The van der Waals surface area contributed by atoms with Crippen LogP contribution in [-0.2, 0) is 0 Å². The van der Waals surface area contributed by atoms with Crippen molar-refractivity contribution in [3.05, 3.63) is 0 Å². The predicted molar refractivity (Wildman–Crippen MR) is 65.1 cm³/mol. The molecule has 2 fully saturated rings. The van der Waals surface area contributed by atoms with Crippen molar-refractivity contribution in [1.29, 1.82) is 0 Å². The van der Waals surface area contributed by atoms with Crippen molar-refractivity contribution < 1.29 is 0 Å². The van der Waals surface area contributed by atoms with Gasteiger partial charge in [-0.05, 0) is 26.2 Å². The van der Waals surface area contributed by atoms with Gasteiger partial charge >= 0.3 is 0 Å². The topological polar surface area (TPSA) is 15.3 Å². The molecule has 2 rings (SSSR count).